The number of fused-ring (bicyclic) bond motifs is 8. The zero-order chi connectivity index (χ0) is 63.0. The van der Waals surface area contributed by atoms with E-state index < -0.39 is 40.5 Å². The van der Waals surface area contributed by atoms with Gasteiger partial charge in [0.1, 0.15) is 75.9 Å². The van der Waals surface area contributed by atoms with E-state index in [0.717, 1.165) is 22.3 Å². The first-order valence-electron chi connectivity index (χ1n) is 27.4. The smallest absolute Gasteiger partial charge is 0.297 e. The Morgan fingerprint density at radius 2 is 0.432 bits per heavy atom. The van der Waals surface area contributed by atoms with Crippen molar-refractivity contribution in [3.8, 4) is 23.0 Å². The van der Waals surface area contributed by atoms with Gasteiger partial charge in [-0.15, -0.1) is 0 Å². The number of hydrogen-bond donors (Lipinski definition) is 0. The fourth-order valence-corrected chi connectivity index (χ4v) is 15.5. The minimum atomic E-state index is -4.18. The maximum absolute atomic E-state index is 13.4. The predicted molar refractivity (Wildman–Crippen MR) is 347 cm³/mol. The van der Waals surface area contributed by atoms with Gasteiger partial charge in [-0.3, -0.25) is 16.7 Å². The van der Waals surface area contributed by atoms with Crippen LogP contribution in [0.25, 0.3) is 0 Å². The summed E-state index contributed by atoms with van der Waals surface area (Å²) in [5.41, 5.74) is 8.43. The number of ether oxygens (including phenoxy) is 4. The molecule has 0 atom stereocenters. The molecule has 8 aromatic carbocycles. The number of halogens is 4. The second-order valence-electron chi connectivity index (χ2n) is 20.7. The summed E-state index contributed by atoms with van der Waals surface area (Å²) in [7, 11) is -16.7. The van der Waals surface area contributed by atoms with Crippen molar-refractivity contribution in [2.45, 2.75) is 73.0 Å². The minimum Gasteiger partial charge on any atom is -0.491 e. The highest BCUT2D eigenvalue weighted by Gasteiger charge is 2.27. The molecule has 0 spiro atoms. The second kappa shape index (κ2) is 29.2. The molecule has 88 heavy (non-hydrogen) atoms. The van der Waals surface area contributed by atoms with Crippen LogP contribution in [0.5, 0.6) is 23.0 Å². The van der Waals surface area contributed by atoms with Crippen LogP contribution in [0.1, 0.15) is 66.8 Å². The molecule has 0 amide bonds. The van der Waals surface area contributed by atoms with Gasteiger partial charge >= 0.3 is 0 Å². The summed E-state index contributed by atoms with van der Waals surface area (Å²) in [6, 6.07) is 40.2. The van der Waals surface area contributed by atoms with E-state index in [0.29, 0.717) is 85.4 Å². The van der Waals surface area contributed by atoms with E-state index in [1.54, 1.807) is 48.5 Å². The van der Waals surface area contributed by atoms with Crippen molar-refractivity contribution in [3.63, 3.8) is 0 Å². The van der Waals surface area contributed by atoms with E-state index in [9.17, 15) is 33.7 Å². The van der Waals surface area contributed by atoms with Crippen molar-refractivity contribution in [1.82, 2.24) is 0 Å². The molecular formula is C64H60Br4O16S4. The number of aryl methyl sites for hydroxylation is 4. The highest BCUT2D eigenvalue weighted by atomic mass is 79.9. The molecule has 0 fully saturated rings. The molecule has 0 saturated carbocycles. The van der Waals surface area contributed by atoms with E-state index in [4.69, 9.17) is 35.7 Å². The maximum Gasteiger partial charge on any atom is 0.297 e. The summed E-state index contributed by atoms with van der Waals surface area (Å²) >= 11 is 15.1. The summed E-state index contributed by atoms with van der Waals surface area (Å²) in [5.74, 6) is 1.51. The van der Waals surface area contributed by atoms with Crippen molar-refractivity contribution >= 4 is 104 Å². The molecule has 0 heterocycles. The summed E-state index contributed by atoms with van der Waals surface area (Å²) in [4.78, 5) is -0.0589. The second-order valence-corrected chi connectivity index (χ2v) is 30.8. The van der Waals surface area contributed by atoms with Gasteiger partial charge in [-0.05, 0) is 125 Å². The standard InChI is InChI=1S/C64H60Br4O16S4/c1-41-5-13-57(14-6-41)85(69,70)81-25-21-77-61-45-29-47-35-54(66)37-49(62(47)78-22-26-82-86(71,72)58-15-7-42(2)8-16-58)31-51-39-56(68)40-52(64(51)80-24-28-84-88(75,76)60-19-11-44(4)12-20-60)32-50-38-55(67)36-48(30-46(61)34-53(65)33-45)63(50)79-23-27-83-87(73,74)59-17-9-43(3)10-18-59/h5-20,33-40H,21-32H2,1-4H3. The van der Waals surface area contributed by atoms with Crippen molar-refractivity contribution < 1.29 is 69.4 Å². The molecule has 0 aromatic heterocycles. The fraction of sp³-hybridized carbons (Fsp3) is 0.250. The summed E-state index contributed by atoms with van der Waals surface area (Å²) in [6.45, 7) is 5.06. The summed E-state index contributed by atoms with van der Waals surface area (Å²) in [6.07, 6.45) is 0.478. The highest BCUT2D eigenvalue weighted by Crippen LogP contribution is 2.43. The van der Waals surface area contributed by atoms with Gasteiger partial charge in [-0.25, -0.2) is 0 Å². The molecule has 1 aliphatic rings. The molecule has 24 heteroatoms. The van der Waals surface area contributed by atoms with Crippen molar-refractivity contribution in [1.29, 1.82) is 0 Å². The van der Waals surface area contributed by atoms with Gasteiger partial charge in [0.05, 0.1) is 19.6 Å². The molecular weight excluding hydrogens is 1470 g/mol. The van der Waals surface area contributed by atoms with Crippen LogP contribution in [0.4, 0.5) is 0 Å². The highest BCUT2D eigenvalue weighted by molar-refractivity contribution is 9.11. The van der Waals surface area contributed by atoms with Crippen molar-refractivity contribution in [2.24, 2.45) is 0 Å². The quantitative estimate of drug-likeness (QED) is 0.0407. The predicted octanol–water partition coefficient (Wildman–Crippen LogP) is 13.8. The third kappa shape index (κ3) is 17.5. The molecule has 8 bridgehead atoms. The Morgan fingerprint density at radius 3 is 0.591 bits per heavy atom. The van der Waals surface area contributed by atoms with Crippen LogP contribution in [-0.2, 0) is 82.9 Å². The van der Waals surface area contributed by atoms with E-state index >= 15 is 0 Å². The van der Waals surface area contributed by atoms with Crippen LogP contribution in [-0.4, -0.2) is 86.5 Å². The normalized spacial score (nSPS) is 12.8. The Bertz CT molecular complexity index is 3650. The molecule has 8 aromatic rings. The van der Waals surface area contributed by atoms with Gasteiger partial charge in [-0.1, -0.05) is 135 Å². The van der Waals surface area contributed by atoms with Gasteiger partial charge in [0.15, 0.2) is 0 Å². The SMILES string of the molecule is Cc1ccc(S(=O)(=O)OCCOc2c3cc(Br)cc2Cc2cc(Br)cc(c2OCCOS(=O)(=O)c2ccc(C)cc2)Cc2cc(Br)cc(c2OCCOS(=O)(=O)c2ccc(C)cc2)Cc2cc(Br)cc(c2OCCOS(=O)(=O)c2ccc(C)cc2)C3)cc1. The Balaban J connectivity index is 1.15. The molecule has 0 N–H and O–H groups in total. The Hall–Kier alpha value is -5.48. The van der Waals surface area contributed by atoms with Crippen LogP contribution in [0.2, 0.25) is 0 Å². The first kappa shape index (κ1) is 66.9. The van der Waals surface area contributed by atoms with Crippen LogP contribution in [0.15, 0.2) is 183 Å². The van der Waals surface area contributed by atoms with E-state index in [2.05, 4.69) is 63.7 Å². The maximum atomic E-state index is 13.4. The largest absolute Gasteiger partial charge is 0.491 e. The number of hydrogen-bond acceptors (Lipinski definition) is 16. The van der Waals surface area contributed by atoms with Crippen LogP contribution in [0, 0.1) is 27.7 Å². The van der Waals surface area contributed by atoms with Gasteiger partial charge < -0.3 is 18.9 Å². The van der Waals surface area contributed by atoms with Crippen molar-refractivity contribution in [2.75, 3.05) is 52.9 Å². The molecule has 0 aliphatic heterocycles. The molecule has 9 rings (SSSR count). The van der Waals surface area contributed by atoms with Gasteiger partial charge in [0.25, 0.3) is 40.5 Å². The zero-order valence-corrected chi connectivity index (χ0v) is 57.6. The lowest BCUT2D eigenvalue weighted by Gasteiger charge is -2.24. The first-order valence-corrected chi connectivity index (χ1v) is 36.2. The number of benzene rings is 8. The van der Waals surface area contributed by atoms with Crippen LogP contribution < -0.4 is 18.9 Å². The third-order valence-electron chi connectivity index (χ3n) is 13.9. The van der Waals surface area contributed by atoms with Gasteiger partial charge in [0, 0.05) is 88.1 Å². The molecule has 0 radical (unpaired) electrons. The molecule has 464 valence electrons. The third-order valence-corrected chi connectivity index (χ3v) is 21.0. The summed E-state index contributed by atoms with van der Waals surface area (Å²) in [5, 5.41) is 0. The Morgan fingerprint density at radius 1 is 0.273 bits per heavy atom. The number of rotatable bonds is 24. The molecule has 1 aliphatic carbocycles. The molecule has 0 saturated heterocycles. The average molecular weight is 1530 g/mol. The van der Waals surface area contributed by atoms with E-state index in [1.807, 2.05) is 76.2 Å². The lowest BCUT2D eigenvalue weighted by Crippen LogP contribution is -2.16. The van der Waals surface area contributed by atoms with E-state index in [-0.39, 0.29) is 98.1 Å². The fourth-order valence-electron chi connectivity index (χ4n) is 9.70. The lowest BCUT2D eigenvalue weighted by molar-refractivity contribution is 0.216. The monoisotopic (exact) mass is 1530 g/mol. The van der Waals surface area contributed by atoms with Gasteiger partial charge in [-0.2, -0.15) is 33.7 Å². The first-order chi connectivity index (χ1) is 41.8. The molecule has 16 nitrogen and oxygen atoms in total. The van der Waals surface area contributed by atoms with Crippen LogP contribution in [0.3, 0.4) is 0 Å². The zero-order valence-electron chi connectivity index (χ0n) is 48.0. The topological polar surface area (TPSA) is 210 Å². The lowest BCUT2D eigenvalue weighted by atomic mass is 9.91. The average Bonchev–Trinajstić information content (AvgIpc) is 2.95. The van der Waals surface area contributed by atoms with Crippen molar-refractivity contribution in [3.05, 3.63) is 230 Å². The Labute approximate surface area is 547 Å². The van der Waals surface area contributed by atoms with E-state index in [1.165, 1.54) is 48.5 Å². The van der Waals surface area contributed by atoms with Crippen LogP contribution >= 0.6 is 63.7 Å². The van der Waals surface area contributed by atoms with Gasteiger partial charge in [0.2, 0.25) is 0 Å². The minimum absolute atomic E-state index is 0.0147. The Kier molecular flexibility index (Phi) is 22.2. The molecule has 0 unspecified atom stereocenters. The summed E-state index contributed by atoms with van der Waals surface area (Å²) < 4.78 is 159.